The van der Waals surface area contributed by atoms with E-state index in [0.29, 0.717) is 23.9 Å². The van der Waals surface area contributed by atoms with Crippen molar-refractivity contribution < 1.29 is 13.5 Å². The normalized spacial score (nSPS) is 23.3. The number of rotatable bonds is 6. The molecule has 0 bridgehead atoms. The second kappa shape index (κ2) is 8.13. The topological polar surface area (TPSA) is 34.5 Å². The fourth-order valence-electron chi connectivity index (χ4n) is 4.15. The Hall–Kier alpha value is -2.82. The van der Waals surface area contributed by atoms with Gasteiger partial charge in [0.25, 0.3) is 0 Å². The Bertz CT molecular complexity index is 1000. The molecule has 0 N–H and O–H groups in total. The SMILES string of the molecule is Fc1cccc(F)c1C1=N[C@@H](C2C=CC(c3ccc(OCC4CC4)nc3)=CC2)CC1. The van der Waals surface area contributed by atoms with E-state index in [9.17, 15) is 8.78 Å². The number of halogens is 2. The molecule has 1 unspecified atom stereocenters. The van der Waals surface area contributed by atoms with Crippen LogP contribution in [0.3, 0.4) is 0 Å². The Morgan fingerprint density at radius 1 is 1.03 bits per heavy atom. The van der Waals surface area contributed by atoms with Gasteiger partial charge in [0.15, 0.2) is 0 Å². The molecular weight excluding hydrogens is 382 g/mol. The molecule has 0 saturated heterocycles. The van der Waals surface area contributed by atoms with Gasteiger partial charge in [-0.3, -0.25) is 4.99 Å². The minimum atomic E-state index is -0.534. The van der Waals surface area contributed by atoms with E-state index in [2.05, 4.69) is 28.2 Å². The number of aromatic nitrogens is 1. The third-order valence-electron chi connectivity index (χ3n) is 6.11. The van der Waals surface area contributed by atoms with Gasteiger partial charge in [-0.05, 0) is 67.4 Å². The summed E-state index contributed by atoms with van der Waals surface area (Å²) in [6.07, 6.45) is 13.1. The molecule has 0 amide bonds. The van der Waals surface area contributed by atoms with E-state index in [1.165, 1.54) is 31.0 Å². The van der Waals surface area contributed by atoms with Gasteiger partial charge in [-0.2, -0.15) is 0 Å². The van der Waals surface area contributed by atoms with Crippen LogP contribution in [0, 0.1) is 23.5 Å². The highest BCUT2D eigenvalue weighted by atomic mass is 19.1. The summed E-state index contributed by atoms with van der Waals surface area (Å²) in [5, 5.41) is 0. The number of nitrogens with zero attached hydrogens (tertiary/aromatic N) is 2. The van der Waals surface area contributed by atoms with Gasteiger partial charge in [0, 0.05) is 23.9 Å². The van der Waals surface area contributed by atoms with Crippen molar-refractivity contribution in [2.75, 3.05) is 6.61 Å². The second-order valence-corrected chi connectivity index (χ2v) is 8.34. The predicted molar refractivity (Wildman–Crippen MR) is 114 cm³/mol. The number of allylic oxidation sites excluding steroid dienone is 3. The molecular formula is C25H24F2N2O. The Morgan fingerprint density at radius 3 is 2.53 bits per heavy atom. The standard InChI is InChI=1S/C25H24F2N2O/c26-20-2-1-3-21(27)25(20)23-12-11-22(29-23)18-8-6-17(7-9-18)19-10-13-24(28-14-19)30-15-16-4-5-16/h1-3,6-8,10,13-14,16,18,22H,4-5,9,11-12,15H2/t18?,22-/m1/s1. The van der Waals surface area contributed by atoms with Gasteiger partial charge in [-0.1, -0.05) is 24.3 Å². The Kier molecular flexibility index (Phi) is 5.19. The molecule has 0 radical (unpaired) electrons. The van der Waals surface area contributed by atoms with Crippen LogP contribution < -0.4 is 4.74 Å². The van der Waals surface area contributed by atoms with Crippen LogP contribution in [-0.4, -0.2) is 23.3 Å². The minimum Gasteiger partial charge on any atom is -0.477 e. The number of aliphatic imine (C=N–C) groups is 1. The Morgan fingerprint density at radius 2 is 1.87 bits per heavy atom. The van der Waals surface area contributed by atoms with E-state index >= 15 is 0 Å². The molecule has 2 aromatic rings. The highest BCUT2D eigenvalue weighted by Gasteiger charge is 2.28. The van der Waals surface area contributed by atoms with Crippen LogP contribution in [0.5, 0.6) is 5.88 Å². The summed E-state index contributed by atoms with van der Waals surface area (Å²) in [5.74, 6) is 0.564. The molecule has 1 aliphatic heterocycles. The summed E-state index contributed by atoms with van der Waals surface area (Å²) in [7, 11) is 0. The monoisotopic (exact) mass is 406 g/mol. The van der Waals surface area contributed by atoms with Crippen molar-refractivity contribution in [1.29, 1.82) is 0 Å². The van der Waals surface area contributed by atoms with Gasteiger partial charge < -0.3 is 4.74 Å². The summed E-state index contributed by atoms with van der Waals surface area (Å²) in [6.45, 7) is 0.761. The van der Waals surface area contributed by atoms with Crippen LogP contribution in [0.15, 0.2) is 59.7 Å². The summed E-state index contributed by atoms with van der Waals surface area (Å²) >= 11 is 0. The second-order valence-electron chi connectivity index (χ2n) is 8.34. The first-order valence-corrected chi connectivity index (χ1v) is 10.7. The number of ether oxygens (including phenoxy) is 1. The maximum absolute atomic E-state index is 14.1. The lowest BCUT2D eigenvalue weighted by molar-refractivity contribution is 0.288. The Balaban J connectivity index is 1.23. The summed E-state index contributed by atoms with van der Waals surface area (Å²) in [6, 6.07) is 8.00. The molecule has 154 valence electrons. The van der Waals surface area contributed by atoms with E-state index in [4.69, 9.17) is 4.74 Å². The first kappa shape index (κ1) is 19.2. The fourth-order valence-corrected chi connectivity index (χ4v) is 4.15. The van der Waals surface area contributed by atoms with Crippen LogP contribution in [0.2, 0.25) is 0 Å². The van der Waals surface area contributed by atoms with Gasteiger partial charge in [-0.15, -0.1) is 0 Å². The van der Waals surface area contributed by atoms with Crippen LogP contribution in [0.25, 0.3) is 5.57 Å². The highest BCUT2D eigenvalue weighted by molar-refractivity contribution is 6.02. The largest absolute Gasteiger partial charge is 0.477 e. The van der Waals surface area contributed by atoms with Crippen LogP contribution >= 0.6 is 0 Å². The van der Waals surface area contributed by atoms with Gasteiger partial charge in [0.1, 0.15) is 11.6 Å². The molecule has 1 fully saturated rings. The van der Waals surface area contributed by atoms with Crippen molar-refractivity contribution in [1.82, 2.24) is 4.98 Å². The Labute approximate surface area is 175 Å². The van der Waals surface area contributed by atoms with Crippen molar-refractivity contribution in [3.8, 4) is 5.88 Å². The molecule has 5 rings (SSSR count). The van der Waals surface area contributed by atoms with Crippen LogP contribution in [0.4, 0.5) is 8.78 Å². The van der Waals surface area contributed by atoms with Gasteiger partial charge in [0.2, 0.25) is 5.88 Å². The van der Waals surface area contributed by atoms with Crippen molar-refractivity contribution in [2.24, 2.45) is 16.8 Å². The predicted octanol–water partition coefficient (Wildman–Crippen LogP) is 5.76. The first-order chi connectivity index (χ1) is 14.7. The zero-order valence-electron chi connectivity index (χ0n) is 16.7. The third kappa shape index (κ3) is 4.07. The van der Waals surface area contributed by atoms with Crippen molar-refractivity contribution >= 4 is 11.3 Å². The summed E-state index contributed by atoms with van der Waals surface area (Å²) in [5.41, 5.74) is 2.78. The van der Waals surface area contributed by atoms with Crippen molar-refractivity contribution in [3.63, 3.8) is 0 Å². The molecule has 2 atom stereocenters. The van der Waals surface area contributed by atoms with Crippen molar-refractivity contribution in [2.45, 2.75) is 38.1 Å². The zero-order valence-corrected chi connectivity index (χ0v) is 16.7. The molecule has 3 nitrogen and oxygen atoms in total. The number of benzene rings is 1. The lowest BCUT2D eigenvalue weighted by Crippen LogP contribution is -2.15. The van der Waals surface area contributed by atoms with Crippen molar-refractivity contribution in [3.05, 3.63) is 77.5 Å². The molecule has 2 heterocycles. The number of pyridine rings is 1. The van der Waals surface area contributed by atoms with E-state index in [1.807, 2.05) is 18.3 Å². The lowest BCUT2D eigenvalue weighted by atomic mass is 9.87. The smallest absolute Gasteiger partial charge is 0.213 e. The fraction of sp³-hybridized carbons (Fsp3) is 0.360. The number of hydrogen-bond donors (Lipinski definition) is 0. The quantitative estimate of drug-likeness (QED) is 0.611. The summed E-state index contributed by atoms with van der Waals surface area (Å²) in [4.78, 5) is 9.10. The molecule has 3 aliphatic rings. The van der Waals surface area contributed by atoms with E-state index in [-0.39, 0.29) is 17.5 Å². The van der Waals surface area contributed by atoms with Crippen LogP contribution in [0.1, 0.15) is 43.2 Å². The zero-order chi connectivity index (χ0) is 20.5. The lowest BCUT2D eigenvalue weighted by Gasteiger charge is -2.20. The van der Waals surface area contributed by atoms with Gasteiger partial charge in [-0.25, -0.2) is 13.8 Å². The minimum absolute atomic E-state index is 0.0334. The average molecular weight is 406 g/mol. The molecule has 30 heavy (non-hydrogen) atoms. The molecule has 1 aromatic carbocycles. The molecule has 2 aliphatic carbocycles. The molecule has 1 aromatic heterocycles. The average Bonchev–Trinajstić information content (AvgIpc) is 3.48. The summed E-state index contributed by atoms with van der Waals surface area (Å²) < 4.78 is 33.8. The molecule has 0 spiro atoms. The van der Waals surface area contributed by atoms with E-state index in [0.717, 1.165) is 30.6 Å². The highest BCUT2D eigenvalue weighted by Crippen LogP contribution is 2.33. The van der Waals surface area contributed by atoms with Gasteiger partial charge in [0.05, 0.1) is 18.2 Å². The molecule has 1 saturated carbocycles. The maximum atomic E-state index is 14.1. The third-order valence-corrected chi connectivity index (χ3v) is 6.11. The number of hydrogen-bond acceptors (Lipinski definition) is 3. The first-order valence-electron chi connectivity index (χ1n) is 10.7. The van der Waals surface area contributed by atoms with E-state index < -0.39 is 11.6 Å². The maximum Gasteiger partial charge on any atom is 0.213 e. The van der Waals surface area contributed by atoms with Gasteiger partial charge >= 0.3 is 0 Å². The molecule has 5 heteroatoms. The van der Waals surface area contributed by atoms with Crippen LogP contribution in [-0.2, 0) is 0 Å². The van der Waals surface area contributed by atoms with E-state index in [1.54, 1.807) is 0 Å².